The summed E-state index contributed by atoms with van der Waals surface area (Å²) in [7, 11) is 3.03. The van der Waals surface area contributed by atoms with Gasteiger partial charge in [0.15, 0.2) is 22.9 Å². The van der Waals surface area contributed by atoms with Crippen LogP contribution in [0.25, 0.3) is 11.0 Å². The number of rotatable bonds is 10. The highest BCUT2D eigenvalue weighted by Gasteiger charge is 2.44. The zero-order valence-electron chi connectivity index (χ0n) is 18.9. The third kappa shape index (κ3) is 4.15. The molecule has 1 N–H and O–H groups in total. The number of fused-ring (bicyclic) bond motifs is 1. The molecule has 34 heavy (non-hydrogen) atoms. The van der Waals surface area contributed by atoms with Crippen LogP contribution in [0.4, 0.5) is 0 Å². The summed E-state index contributed by atoms with van der Waals surface area (Å²) in [5.41, 5.74) is 0.990. The maximum atomic E-state index is 13.6. The quantitative estimate of drug-likeness (QED) is 0.355. The maximum absolute atomic E-state index is 13.6. The SMILES string of the molecule is C=CCOc1ccc(C2C(C(=O)c3cc4cccc(OC)c4o3)=C(O)C(=O)N2CCOC)cc1. The minimum absolute atomic E-state index is 0.00150. The maximum Gasteiger partial charge on any atom is 0.290 e. The number of aliphatic hydroxyl groups is 1. The molecule has 0 radical (unpaired) electrons. The second-order valence-corrected chi connectivity index (χ2v) is 7.64. The van der Waals surface area contributed by atoms with Crippen molar-refractivity contribution in [2.45, 2.75) is 6.04 Å². The summed E-state index contributed by atoms with van der Waals surface area (Å²) >= 11 is 0. The summed E-state index contributed by atoms with van der Waals surface area (Å²) in [6.07, 6.45) is 1.63. The minimum Gasteiger partial charge on any atom is -0.503 e. The normalized spacial score (nSPS) is 15.8. The number of hydrogen-bond acceptors (Lipinski definition) is 7. The van der Waals surface area contributed by atoms with E-state index in [4.69, 9.17) is 18.6 Å². The number of amides is 1. The van der Waals surface area contributed by atoms with E-state index >= 15 is 0 Å². The molecule has 0 bridgehead atoms. The molecule has 1 aromatic heterocycles. The van der Waals surface area contributed by atoms with Crippen molar-refractivity contribution in [3.8, 4) is 11.5 Å². The van der Waals surface area contributed by atoms with Crippen molar-refractivity contribution in [2.75, 3.05) is 34.0 Å². The average Bonchev–Trinajstić information content (AvgIpc) is 3.40. The number of furan rings is 1. The Morgan fingerprint density at radius 3 is 2.65 bits per heavy atom. The number of Topliss-reactive ketones (excluding diaryl/α,β-unsaturated/α-hetero) is 1. The van der Waals surface area contributed by atoms with Crippen LogP contribution in [0.5, 0.6) is 11.5 Å². The lowest BCUT2D eigenvalue weighted by molar-refractivity contribution is -0.130. The monoisotopic (exact) mass is 463 g/mol. The topological polar surface area (TPSA) is 98.4 Å². The van der Waals surface area contributed by atoms with Crippen molar-refractivity contribution < 1.29 is 33.3 Å². The predicted molar refractivity (Wildman–Crippen MR) is 125 cm³/mol. The average molecular weight is 463 g/mol. The van der Waals surface area contributed by atoms with Crippen molar-refractivity contribution in [1.29, 1.82) is 0 Å². The first-order valence-corrected chi connectivity index (χ1v) is 10.7. The summed E-state index contributed by atoms with van der Waals surface area (Å²) in [6.45, 7) is 4.39. The summed E-state index contributed by atoms with van der Waals surface area (Å²) in [4.78, 5) is 27.9. The van der Waals surface area contributed by atoms with Crippen molar-refractivity contribution in [3.63, 3.8) is 0 Å². The Bertz CT molecular complexity index is 1260. The van der Waals surface area contributed by atoms with Crippen LogP contribution in [0, 0.1) is 0 Å². The molecule has 3 aromatic rings. The second kappa shape index (κ2) is 9.84. The van der Waals surface area contributed by atoms with E-state index in [9.17, 15) is 14.7 Å². The van der Waals surface area contributed by atoms with E-state index in [1.54, 1.807) is 54.6 Å². The Morgan fingerprint density at radius 2 is 1.97 bits per heavy atom. The standard InChI is InChI=1S/C26H25NO7/c1-4-13-33-18-10-8-16(9-11-18)22-21(24(29)26(30)27(22)12-14-31-2)23(28)20-15-17-6-5-7-19(32-3)25(17)34-20/h4-11,15,22,29H,1,12-14H2,2-3H3. The largest absolute Gasteiger partial charge is 0.503 e. The predicted octanol–water partition coefficient (Wildman–Crippen LogP) is 4.23. The van der Waals surface area contributed by atoms with Gasteiger partial charge >= 0.3 is 0 Å². The van der Waals surface area contributed by atoms with Crippen LogP contribution in [0.1, 0.15) is 22.2 Å². The van der Waals surface area contributed by atoms with E-state index in [1.165, 1.54) is 19.1 Å². The number of para-hydroxylation sites is 1. The molecule has 0 spiro atoms. The van der Waals surface area contributed by atoms with Gasteiger partial charge in [-0.25, -0.2) is 0 Å². The first-order valence-electron chi connectivity index (χ1n) is 10.7. The summed E-state index contributed by atoms with van der Waals surface area (Å²) in [5.74, 6) is -0.747. The Hall–Kier alpha value is -4.04. The van der Waals surface area contributed by atoms with Crippen LogP contribution in [0.15, 0.2) is 76.9 Å². The fourth-order valence-corrected chi connectivity index (χ4v) is 4.00. The number of benzene rings is 2. The first kappa shape index (κ1) is 23.1. The molecule has 176 valence electrons. The van der Waals surface area contributed by atoms with E-state index in [0.717, 1.165) is 0 Å². The number of aliphatic hydroxyl groups excluding tert-OH is 1. The molecule has 1 aliphatic rings. The number of carbonyl (C=O) groups is 2. The van der Waals surface area contributed by atoms with Crippen LogP contribution in [-0.2, 0) is 9.53 Å². The number of ketones is 1. The lowest BCUT2D eigenvalue weighted by atomic mass is 9.95. The number of carbonyl (C=O) groups excluding carboxylic acids is 2. The molecule has 8 heteroatoms. The minimum atomic E-state index is -0.821. The molecule has 0 saturated heterocycles. The lowest BCUT2D eigenvalue weighted by Gasteiger charge is -2.26. The van der Waals surface area contributed by atoms with Gasteiger partial charge in [0.1, 0.15) is 12.4 Å². The third-order valence-corrected chi connectivity index (χ3v) is 5.60. The van der Waals surface area contributed by atoms with E-state index in [2.05, 4.69) is 6.58 Å². The van der Waals surface area contributed by atoms with Crippen LogP contribution in [-0.4, -0.2) is 55.7 Å². The van der Waals surface area contributed by atoms with Gasteiger partial charge in [-0.2, -0.15) is 0 Å². The van der Waals surface area contributed by atoms with Crippen LogP contribution in [0.3, 0.4) is 0 Å². The highest BCUT2D eigenvalue weighted by Crippen LogP contribution is 2.40. The molecule has 1 aliphatic heterocycles. The van der Waals surface area contributed by atoms with Crippen molar-refractivity contribution in [3.05, 3.63) is 83.8 Å². The fourth-order valence-electron chi connectivity index (χ4n) is 4.00. The van der Waals surface area contributed by atoms with Crippen LogP contribution in [0.2, 0.25) is 0 Å². The highest BCUT2D eigenvalue weighted by atomic mass is 16.5. The van der Waals surface area contributed by atoms with E-state index in [0.29, 0.717) is 34.6 Å². The molecule has 1 unspecified atom stereocenters. The Kier molecular flexibility index (Phi) is 6.70. The van der Waals surface area contributed by atoms with Crippen LogP contribution >= 0.6 is 0 Å². The van der Waals surface area contributed by atoms with Gasteiger partial charge in [0.05, 0.1) is 25.3 Å². The van der Waals surface area contributed by atoms with Crippen molar-refractivity contribution >= 4 is 22.7 Å². The van der Waals surface area contributed by atoms with E-state index in [-0.39, 0.29) is 24.5 Å². The van der Waals surface area contributed by atoms with Gasteiger partial charge in [0, 0.05) is 19.0 Å². The fraction of sp³-hybridized carbons (Fsp3) is 0.231. The summed E-state index contributed by atoms with van der Waals surface area (Å²) in [5, 5.41) is 11.4. The Morgan fingerprint density at radius 1 is 1.21 bits per heavy atom. The van der Waals surface area contributed by atoms with Crippen molar-refractivity contribution in [1.82, 2.24) is 4.90 Å². The smallest absolute Gasteiger partial charge is 0.290 e. The number of ether oxygens (including phenoxy) is 3. The number of methoxy groups -OCH3 is 2. The van der Waals surface area contributed by atoms with Gasteiger partial charge in [0.2, 0.25) is 5.78 Å². The molecule has 4 rings (SSSR count). The van der Waals surface area contributed by atoms with Crippen molar-refractivity contribution in [2.24, 2.45) is 0 Å². The number of nitrogens with zero attached hydrogens (tertiary/aromatic N) is 1. The zero-order chi connectivity index (χ0) is 24.2. The summed E-state index contributed by atoms with van der Waals surface area (Å²) < 4.78 is 21.8. The lowest BCUT2D eigenvalue weighted by Crippen LogP contribution is -2.34. The second-order valence-electron chi connectivity index (χ2n) is 7.64. The molecule has 0 saturated carbocycles. The molecule has 0 fully saturated rings. The third-order valence-electron chi connectivity index (χ3n) is 5.60. The molecule has 2 aromatic carbocycles. The van der Waals surface area contributed by atoms with Gasteiger partial charge in [-0.1, -0.05) is 36.9 Å². The molecule has 8 nitrogen and oxygen atoms in total. The summed E-state index contributed by atoms with van der Waals surface area (Å²) in [6, 6.07) is 13.0. The molecule has 0 aliphatic carbocycles. The van der Waals surface area contributed by atoms with Gasteiger partial charge in [0.25, 0.3) is 5.91 Å². The van der Waals surface area contributed by atoms with Crippen LogP contribution < -0.4 is 9.47 Å². The Labute approximate surface area is 196 Å². The first-order chi connectivity index (χ1) is 16.5. The van der Waals surface area contributed by atoms with Gasteiger partial charge in [-0.15, -0.1) is 0 Å². The molecule has 1 amide bonds. The Balaban J connectivity index is 1.75. The van der Waals surface area contributed by atoms with Gasteiger partial charge in [-0.3, -0.25) is 9.59 Å². The van der Waals surface area contributed by atoms with E-state index < -0.39 is 23.5 Å². The molecular formula is C26H25NO7. The highest BCUT2D eigenvalue weighted by molar-refractivity contribution is 6.16. The molecular weight excluding hydrogens is 438 g/mol. The van der Waals surface area contributed by atoms with Gasteiger partial charge in [-0.05, 0) is 29.8 Å². The zero-order valence-corrected chi connectivity index (χ0v) is 18.9. The number of hydrogen-bond donors (Lipinski definition) is 1. The molecule has 2 heterocycles. The van der Waals surface area contributed by atoms with Gasteiger partial charge < -0.3 is 28.6 Å². The van der Waals surface area contributed by atoms with E-state index in [1.807, 2.05) is 0 Å². The molecule has 1 atom stereocenters.